The molecule has 0 aliphatic heterocycles. The van der Waals surface area contributed by atoms with E-state index >= 15 is 0 Å². The van der Waals surface area contributed by atoms with Crippen molar-refractivity contribution in [1.29, 1.82) is 0 Å². The van der Waals surface area contributed by atoms with Gasteiger partial charge in [-0.3, -0.25) is 14.8 Å². The van der Waals surface area contributed by atoms with E-state index in [0.29, 0.717) is 12.0 Å². The fourth-order valence-corrected chi connectivity index (χ4v) is 6.21. The van der Waals surface area contributed by atoms with E-state index in [1.54, 1.807) is 12.1 Å². The molecule has 0 bridgehead atoms. The zero-order valence-electron chi connectivity index (χ0n) is 25.4. The van der Waals surface area contributed by atoms with Crippen molar-refractivity contribution in [3.05, 3.63) is 150 Å². The van der Waals surface area contributed by atoms with Crippen LogP contribution in [-0.4, -0.2) is 27.0 Å². The van der Waals surface area contributed by atoms with Gasteiger partial charge in [0.1, 0.15) is 5.76 Å². The van der Waals surface area contributed by atoms with Crippen LogP contribution in [0.4, 0.5) is 13.2 Å². The minimum atomic E-state index is -4.96. The predicted octanol–water partition coefficient (Wildman–Crippen LogP) is 10.3. The molecular weight excluding hydrogens is 749 g/mol. The summed E-state index contributed by atoms with van der Waals surface area (Å²) in [5, 5.41) is 14.1. The maximum Gasteiger partial charge on any atom is 0.454 e. The molecule has 2 heterocycles. The molecule has 8 heteroatoms. The van der Waals surface area contributed by atoms with Crippen LogP contribution in [0.5, 0.6) is 0 Å². The number of aliphatic hydroxyl groups is 1. The third kappa shape index (κ3) is 6.57. The van der Waals surface area contributed by atoms with E-state index in [-0.39, 0.29) is 55.8 Å². The number of benzene rings is 5. The van der Waals surface area contributed by atoms with Crippen molar-refractivity contribution in [3.63, 3.8) is 0 Å². The van der Waals surface area contributed by atoms with Crippen molar-refractivity contribution in [2.45, 2.75) is 19.0 Å². The van der Waals surface area contributed by atoms with Crippen molar-refractivity contribution < 1.29 is 72.4 Å². The van der Waals surface area contributed by atoms with E-state index in [2.05, 4.69) is 82.8 Å². The van der Waals surface area contributed by atoms with Gasteiger partial charge in [0, 0.05) is 83.7 Å². The number of nitrogens with zero attached hydrogens (tertiary/aromatic N) is 2. The summed E-state index contributed by atoms with van der Waals surface area (Å²) in [4.78, 5) is 20.7. The number of aromatic nitrogens is 2. The number of hydrogen-bond donors (Lipinski definition) is 1. The fourth-order valence-electron chi connectivity index (χ4n) is 6.21. The molecule has 2 aromatic heterocycles. The average Bonchev–Trinajstić information content (AvgIpc) is 3.11. The number of carbonyl (C=O) groups excluding carboxylic acids is 1. The zero-order valence-corrected chi connectivity index (χ0v) is 27.8. The van der Waals surface area contributed by atoms with E-state index < -0.39 is 23.3 Å². The first-order valence-corrected chi connectivity index (χ1v) is 15.1. The van der Waals surface area contributed by atoms with Gasteiger partial charge in [-0.2, -0.15) is 13.2 Å². The molecule has 5 aromatic carbocycles. The minimum absolute atomic E-state index is 0. The van der Waals surface area contributed by atoms with Crippen LogP contribution in [0.3, 0.4) is 0 Å². The number of Topliss-reactive ketones (excluding diaryl/α,β-unsaturated/α-hetero) is 1. The molecule has 0 atom stereocenters. The second kappa shape index (κ2) is 14.1. The van der Waals surface area contributed by atoms with E-state index in [4.69, 9.17) is 0 Å². The van der Waals surface area contributed by atoms with Crippen molar-refractivity contribution in [2.24, 2.45) is 0 Å². The Balaban J connectivity index is 0.000000168. The number of hydrogen-bond acceptors (Lipinski definition) is 4. The Morgan fingerprint density at radius 3 is 1.58 bits per heavy atom. The zero-order chi connectivity index (χ0) is 32.5. The molecule has 0 unspecified atom stereocenters. The number of alkyl halides is 3. The normalized spacial score (nSPS) is 12.6. The van der Waals surface area contributed by atoms with E-state index in [0.717, 1.165) is 38.1 Å². The Kier molecular flexibility index (Phi) is 9.88. The number of ketones is 1. The first-order chi connectivity index (χ1) is 22.8. The molecule has 4 nitrogen and oxygen atoms in total. The Morgan fingerprint density at radius 2 is 1.08 bits per heavy atom. The Morgan fingerprint density at radius 1 is 0.604 bits per heavy atom. The summed E-state index contributed by atoms with van der Waals surface area (Å²) >= 11 is 0. The predicted molar refractivity (Wildman–Crippen MR) is 181 cm³/mol. The summed E-state index contributed by atoms with van der Waals surface area (Å²) in [5.74, 6) is -2.51. The topological polar surface area (TPSA) is 63.1 Å². The molecule has 48 heavy (non-hydrogen) atoms. The summed E-state index contributed by atoms with van der Waals surface area (Å²) in [6, 6.07) is 40.2. The fraction of sp³-hybridized carbons (Fsp3) is 0.0750. The Labute approximate surface area is 315 Å². The SMILES string of the molecule is O=C(C1=C(O)c2cc3ccccc3cc2CC1)C(F)(F)F.[Eu].c1ccc(-c2ccnc3c2ccc2c(-c4ccccc4)ccnc23)cc1. The monoisotopic (exact) mass is 777 g/mol. The number of fused-ring (bicyclic) bond motifs is 5. The summed E-state index contributed by atoms with van der Waals surface area (Å²) in [6.45, 7) is 0. The number of pyridine rings is 2. The number of aliphatic hydroxyl groups excluding tert-OH is 1. The molecule has 0 saturated carbocycles. The first kappa shape index (κ1) is 33.7. The molecule has 0 amide bonds. The van der Waals surface area contributed by atoms with Crippen molar-refractivity contribution in [3.8, 4) is 22.3 Å². The van der Waals surface area contributed by atoms with E-state index in [9.17, 15) is 23.1 Å². The standard InChI is InChI=1S/C24H16N2.C16H11F3O2.Eu/c1-3-7-17(8-4-1)19-13-15-25-23-21(19)11-12-22-20(14-16-26-24(22)23)18-9-5-2-6-10-18;17-16(18,19)15(21)12-6-5-11-7-9-3-1-2-4-10(9)8-13(11)14(12)20;/h1-16H;1-4,7-8,20H,5-6H2;. The average molecular weight is 777 g/mol. The van der Waals surface area contributed by atoms with Gasteiger partial charge in [-0.15, -0.1) is 0 Å². The Hall–Kier alpha value is -4.24. The molecule has 1 aliphatic rings. The molecule has 1 aliphatic carbocycles. The number of carbonyl (C=O) groups is 1. The maximum atomic E-state index is 12.5. The maximum absolute atomic E-state index is 12.5. The summed E-state index contributed by atoms with van der Waals surface area (Å²) < 4.78 is 37.6. The summed E-state index contributed by atoms with van der Waals surface area (Å²) in [6.07, 6.45) is -1.00. The van der Waals surface area contributed by atoms with Crippen molar-refractivity contribution in [2.75, 3.05) is 0 Å². The molecule has 1 N–H and O–H groups in total. The number of halogens is 3. The number of rotatable bonds is 3. The van der Waals surface area contributed by atoms with Gasteiger partial charge in [0.15, 0.2) is 0 Å². The summed E-state index contributed by atoms with van der Waals surface area (Å²) in [5.41, 5.74) is 7.16. The van der Waals surface area contributed by atoms with Crippen LogP contribution < -0.4 is 0 Å². The quantitative estimate of drug-likeness (QED) is 0.182. The van der Waals surface area contributed by atoms with Gasteiger partial charge in [-0.1, -0.05) is 103 Å². The molecule has 7 aromatic rings. The van der Waals surface area contributed by atoms with Gasteiger partial charge in [-0.05, 0) is 69.6 Å². The smallest absolute Gasteiger partial charge is 0.454 e. The van der Waals surface area contributed by atoms with Crippen LogP contribution in [0.2, 0.25) is 0 Å². The van der Waals surface area contributed by atoms with Crippen LogP contribution in [0, 0.1) is 49.4 Å². The number of aryl methyl sites for hydroxylation is 1. The van der Waals surface area contributed by atoms with Gasteiger partial charge < -0.3 is 5.11 Å². The van der Waals surface area contributed by atoms with Gasteiger partial charge >= 0.3 is 6.18 Å². The minimum Gasteiger partial charge on any atom is -0.507 e. The van der Waals surface area contributed by atoms with Crippen LogP contribution >= 0.6 is 0 Å². The summed E-state index contributed by atoms with van der Waals surface area (Å²) in [7, 11) is 0. The molecule has 0 spiro atoms. The Bertz CT molecular complexity index is 2220. The van der Waals surface area contributed by atoms with Gasteiger partial charge in [0.05, 0.1) is 11.0 Å². The molecule has 1 radical (unpaired) electrons. The molecule has 237 valence electrons. The van der Waals surface area contributed by atoms with Gasteiger partial charge in [0.2, 0.25) is 0 Å². The van der Waals surface area contributed by atoms with E-state index in [1.807, 2.05) is 48.8 Å². The molecular formula is C40H27EuF3N2O2. The first-order valence-electron chi connectivity index (χ1n) is 15.1. The van der Waals surface area contributed by atoms with Crippen molar-refractivity contribution in [1.82, 2.24) is 9.97 Å². The van der Waals surface area contributed by atoms with Crippen molar-refractivity contribution >= 4 is 44.1 Å². The van der Waals surface area contributed by atoms with Crippen LogP contribution in [0.1, 0.15) is 17.5 Å². The molecule has 8 rings (SSSR count). The third-order valence-electron chi connectivity index (χ3n) is 8.48. The van der Waals surface area contributed by atoms with Crippen LogP contribution in [0.25, 0.3) is 60.6 Å². The third-order valence-corrected chi connectivity index (χ3v) is 8.48. The second-order valence-corrected chi connectivity index (χ2v) is 11.3. The van der Waals surface area contributed by atoms with Crippen LogP contribution in [-0.2, 0) is 11.2 Å². The molecule has 0 saturated heterocycles. The van der Waals surface area contributed by atoms with E-state index in [1.165, 1.54) is 22.3 Å². The largest absolute Gasteiger partial charge is 0.507 e. The van der Waals surface area contributed by atoms with Crippen LogP contribution in [0.15, 0.2) is 139 Å². The number of allylic oxidation sites excluding steroid dienone is 1. The van der Waals surface area contributed by atoms with Gasteiger partial charge in [-0.25, -0.2) is 0 Å². The van der Waals surface area contributed by atoms with Gasteiger partial charge in [0.25, 0.3) is 5.78 Å². The molecule has 0 fully saturated rings. The second-order valence-electron chi connectivity index (χ2n) is 11.3.